The van der Waals surface area contributed by atoms with Crippen molar-refractivity contribution >= 4 is 40.9 Å². The van der Waals surface area contributed by atoms with Crippen molar-refractivity contribution in [1.82, 2.24) is 4.90 Å². The summed E-state index contributed by atoms with van der Waals surface area (Å²) >= 11 is 0.773. The van der Waals surface area contributed by atoms with Gasteiger partial charge in [-0.25, -0.2) is 9.59 Å². The van der Waals surface area contributed by atoms with Gasteiger partial charge in [0, 0.05) is 5.56 Å². The molecule has 1 aliphatic rings. The molecule has 1 aliphatic heterocycles. The lowest BCUT2D eigenvalue weighted by Gasteiger charge is -2.10. The molecule has 3 rings (SSSR count). The molecule has 9 nitrogen and oxygen atoms in total. The third-order valence-corrected chi connectivity index (χ3v) is 5.00. The highest BCUT2D eigenvalue weighted by molar-refractivity contribution is 8.18. The molecule has 162 valence electrons. The Bertz CT molecular complexity index is 1040. The molecule has 0 spiro atoms. The maximum Gasteiger partial charge on any atom is 0.373 e. The Labute approximate surface area is 181 Å². The molecule has 2 heterocycles. The molecule has 2 aromatic rings. The van der Waals surface area contributed by atoms with Gasteiger partial charge in [-0.1, -0.05) is 18.2 Å². The van der Waals surface area contributed by atoms with E-state index in [1.807, 2.05) is 0 Å². The number of carbonyl (C=O) groups excluding carboxylic acids is 4. The number of benzene rings is 1. The molecule has 0 bridgehead atoms. The average Bonchev–Trinajstić information content (AvgIpc) is 3.33. The van der Waals surface area contributed by atoms with Crippen LogP contribution in [0, 0.1) is 0 Å². The number of hydrogen-bond donors (Lipinski definition) is 0. The van der Waals surface area contributed by atoms with Crippen LogP contribution in [-0.4, -0.2) is 48.3 Å². The quantitative estimate of drug-likeness (QED) is 0.446. The van der Waals surface area contributed by atoms with Crippen molar-refractivity contribution in [3.8, 4) is 5.75 Å². The number of para-hydroxylation sites is 1. The van der Waals surface area contributed by atoms with Gasteiger partial charge in [0.05, 0.1) is 25.2 Å². The molecule has 0 atom stereocenters. The van der Waals surface area contributed by atoms with Crippen LogP contribution in [0.25, 0.3) is 6.08 Å². The second-order valence-electron chi connectivity index (χ2n) is 6.16. The van der Waals surface area contributed by atoms with Gasteiger partial charge in [0.2, 0.25) is 5.76 Å². The zero-order valence-corrected chi connectivity index (χ0v) is 17.6. The lowest BCUT2D eigenvalue weighted by molar-refractivity contribution is -0.145. The lowest BCUT2D eigenvalue weighted by Crippen LogP contribution is -2.27. The van der Waals surface area contributed by atoms with Gasteiger partial charge in [0.1, 0.15) is 11.5 Å². The van der Waals surface area contributed by atoms with Crippen molar-refractivity contribution in [3.05, 3.63) is 58.4 Å². The molecule has 1 saturated heterocycles. The van der Waals surface area contributed by atoms with E-state index in [4.69, 9.17) is 13.9 Å². The molecule has 1 aromatic heterocycles. The Balaban J connectivity index is 1.74. The third-order valence-electron chi connectivity index (χ3n) is 4.09. The number of rotatable bonds is 8. The standard InChI is InChI=1S/C21H19NO8S/c1-3-28-18(23)12-29-15-7-5-4-6-13(15)10-17-19(24)22(21(26)31-17)11-14-8-9-16(30-14)20(25)27-2/h4-10H,3,11-12H2,1-2H3/b17-10+. The van der Waals surface area contributed by atoms with Gasteiger partial charge in [0.25, 0.3) is 11.1 Å². The van der Waals surface area contributed by atoms with E-state index in [1.165, 1.54) is 25.3 Å². The highest BCUT2D eigenvalue weighted by atomic mass is 32.2. The Kier molecular flexibility index (Phi) is 7.14. The van der Waals surface area contributed by atoms with Gasteiger partial charge in [-0.2, -0.15) is 0 Å². The first kappa shape index (κ1) is 22.2. The molecule has 1 fully saturated rings. The zero-order chi connectivity index (χ0) is 22.4. The molecule has 0 saturated carbocycles. The third kappa shape index (κ3) is 5.34. The second-order valence-corrected chi connectivity index (χ2v) is 7.15. The first-order valence-electron chi connectivity index (χ1n) is 9.22. The van der Waals surface area contributed by atoms with Crippen LogP contribution in [0.4, 0.5) is 4.79 Å². The second kappa shape index (κ2) is 9.98. The van der Waals surface area contributed by atoms with Crippen LogP contribution < -0.4 is 4.74 Å². The Morgan fingerprint density at radius 1 is 1.16 bits per heavy atom. The minimum absolute atomic E-state index is 0.0207. The van der Waals surface area contributed by atoms with Crippen LogP contribution in [0.2, 0.25) is 0 Å². The molecule has 0 N–H and O–H groups in total. The first-order chi connectivity index (χ1) is 14.9. The van der Waals surface area contributed by atoms with E-state index in [0.717, 1.165) is 16.7 Å². The fourth-order valence-electron chi connectivity index (χ4n) is 2.68. The molecule has 10 heteroatoms. The summed E-state index contributed by atoms with van der Waals surface area (Å²) in [5.74, 6) is -1.06. The summed E-state index contributed by atoms with van der Waals surface area (Å²) < 4.78 is 20.2. The van der Waals surface area contributed by atoms with Gasteiger partial charge in [-0.15, -0.1) is 0 Å². The fraction of sp³-hybridized carbons (Fsp3) is 0.238. The molecule has 1 aromatic carbocycles. The Hall–Kier alpha value is -3.53. The van der Waals surface area contributed by atoms with Crippen LogP contribution in [-0.2, 0) is 25.6 Å². The van der Waals surface area contributed by atoms with Gasteiger partial charge in [-0.05, 0) is 43.0 Å². The minimum Gasteiger partial charge on any atom is -0.481 e. The summed E-state index contributed by atoms with van der Waals surface area (Å²) in [6.45, 7) is 1.54. The van der Waals surface area contributed by atoms with Crippen molar-refractivity contribution < 1.29 is 37.8 Å². The number of nitrogens with zero attached hydrogens (tertiary/aromatic N) is 1. The summed E-state index contributed by atoms with van der Waals surface area (Å²) in [5.41, 5.74) is 0.531. The number of furan rings is 1. The number of ether oxygens (including phenoxy) is 3. The van der Waals surface area contributed by atoms with Crippen molar-refractivity contribution in [3.63, 3.8) is 0 Å². The number of esters is 2. The Morgan fingerprint density at radius 2 is 1.94 bits per heavy atom. The van der Waals surface area contributed by atoms with E-state index >= 15 is 0 Å². The molecule has 0 unspecified atom stereocenters. The number of methoxy groups -OCH3 is 1. The number of imide groups is 1. The topological polar surface area (TPSA) is 112 Å². The summed E-state index contributed by atoms with van der Waals surface area (Å²) in [6, 6.07) is 9.71. The highest BCUT2D eigenvalue weighted by Gasteiger charge is 2.36. The van der Waals surface area contributed by atoms with Gasteiger partial charge < -0.3 is 18.6 Å². The fourth-order valence-corrected chi connectivity index (χ4v) is 3.51. The van der Waals surface area contributed by atoms with E-state index in [0.29, 0.717) is 11.3 Å². The van der Waals surface area contributed by atoms with E-state index in [2.05, 4.69) is 4.74 Å². The number of hydrogen-bond acceptors (Lipinski definition) is 9. The lowest BCUT2D eigenvalue weighted by atomic mass is 10.2. The van der Waals surface area contributed by atoms with Crippen LogP contribution >= 0.6 is 11.8 Å². The largest absolute Gasteiger partial charge is 0.481 e. The maximum atomic E-state index is 12.8. The predicted octanol–water partition coefficient (Wildman–Crippen LogP) is 3.24. The van der Waals surface area contributed by atoms with Gasteiger partial charge >= 0.3 is 11.9 Å². The van der Waals surface area contributed by atoms with Crippen LogP contribution in [0.5, 0.6) is 5.75 Å². The molecule has 31 heavy (non-hydrogen) atoms. The molecule has 0 aliphatic carbocycles. The molecule has 0 radical (unpaired) electrons. The normalized spacial score (nSPS) is 14.8. The SMILES string of the molecule is CCOC(=O)COc1ccccc1/C=C1/SC(=O)N(Cc2ccc(C(=O)OC)o2)C1=O. The monoisotopic (exact) mass is 445 g/mol. The van der Waals surface area contributed by atoms with E-state index in [-0.39, 0.29) is 36.2 Å². The zero-order valence-electron chi connectivity index (χ0n) is 16.8. The molecular weight excluding hydrogens is 426 g/mol. The van der Waals surface area contributed by atoms with Crippen molar-refractivity contribution in [2.45, 2.75) is 13.5 Å². The number of carbonyl (C=O) groups is 4. The molecular formula is C21H19NO8S. The van der Waals surface area contributed by atoms with Crippen LogP contribution in [0.15, 0.2) is 45.7 Å². The van der Waals surface area contributed by atoms with Gasteiger partial charge in [-0.3, -0.25) is 14.5 Å². The van der Waals surface area contributed by atoms with Crippen LogP contribution in [0.3, 0.4) is 0 Å². The highest BCUT2D eigenvalue weighted by Crippen LogP contribution is 2.35. The number of amides is 2. The van der Waals surface area contributed by atoms with Crippen LogP contribution in [0.1, 0.15) is 28.8 Å². The summed E-state index contributed by atoms with van der Waals surface area (Å²) in [4.78, 5) is 49.3. The van der Waals surface area contributed by atoms with Gasteiger partial charge in [0.15, 0.2) is 6.61 Å². The van der Waals surface area contributed by atoms with Crippen molar-refractivity contribution in [2.24, 2.45) is 0 Å². The van der Waals surface area contributed by atoms with E-state index in [9.17, 15) is 19.2 Å². The van der Waals surface area contributed by atoms with E-state index < -0.39 is 23.1 Å². The average molecular weight is 445 g/mol. The summed E-state index contributed by atoms with van der Waals surface area (Å²) in [7, 11) is 1.22. The number of thioether (sulfide) groups is 1. The molecule has 2 amide bonds. The Morgan fingerprint density at radius 3 is 2.68 bits per heavy atom. The van der Waals surface area contributed by atoms with Crippen molar-refractivity contribution in [2.75, 3.05) is 20.3 Å². The van der Waals surface area contributed by atoms with E-state index in [1.54, 1.807) is 31.2 Å². The summed E-state index contributed by atoms with van der Waals surface area (Å²) in [6.07, 6.45) is 1.52. The predicted molar refractivity (Wildman–Crippen MR) is 110 cm³/mol. The van der Waals surface area contributed by atoms with Crippen molar-refractivity contribution in [1.29, 1.82) is 0 Å². The first-order valence-corrected chi connectivity index (χ1v) is 10.0. The maximum absolute atomic E-state index is 12.8. The minimum atomic E-state index is -0.653. The summed E-state index contributed by atoms with van der Waals surface area (Å²) in [5, 5.41) is -0.475. The smallest absolute Gasteiger partial charge is 0.373 e.